The van der Waals surface area contributed by atoms with E-state index in [0.29, 0.717) is 12.1 Å². The topological polar surface area (TPSA) is 159 Å². The third kappa shape index (κ3) is 7.19. The lowest BCUT2D eigenvalue weighted by atomic mass is 10.1. The normalized spacial score (nSPS) is 13.4. The Balaban J connectivity index is 1.26. The summed E-state index contributed by atoms with van der Waals surface area (Å²) >= 11 is 0. The highest BCUT2D eigenvalue weighted by molar-refractivity contribution is 5.98. The summed E-state index contributed by atoms with van der Waals surface area (Å²) in [6, 6.07) is 12.8. The maximum Gasteiger partial charge on any atom is 0.408 e. The molecule has 3 aromatic rings. The van der Waals surface area contributed by atoms with Crippen molar-refractivity contribution in [2.45, 2.75) is 25.6 Å². The fraction of sp³-hybridized carbons (Fsp3) is 0.320. The Morgan fingerprint density at radius 3 is 2.76 bits per heavy atom. The van der Waals surface area contributed by atoms with E-state index in [-0.39, 0.29) is 13.2 Å². The molecule has 0 radical (unpaired) electrons. The molecule has 0 unspecified atom stereocenters. The second-order valence-corrected chi connectivity index (χ2v) is 8.39. The Kier molecular flexibility index (Phi) is 8.53. The number of carboxylic acids is 1. The number of aromatic nitrogens is 2. The summed E-state index contributed by atoms with van der Waals surface area (Å²) in [6.07, 6.45) is 1.64. The molecule has 1 aromatic heterocycles. The minimum Gasteiger partial charge on any atom is -0.480 e. The molecule has 0 bridgehead atoms. The number of benzene rings is 2. The van der Waals surface area contributed by atoms with Gasteiger partial charge in [0.25, 0.3) is 5.91 Å². The molecule has 1 atom stereocenters. The average molecular weight is 508 g/mol. The third-order valence-corrected chi connectivity index (χ3v) is 5.69. The molecule has 0 saturated carbocycles. The number of amides is 2. The number of fused-ring (bicyclic) bond motifs is 1. The van der Waals surface area contributed by atoms with E-state index in [1.165, 1.54) is 0 Å². The number of guanidine groups is 1. The molecule has 194 valence electrons. The second kappa shape index (κ2) is 12.4. The van der Waals surface area contributed by atoms with Crippen molar-refractivity contribution >= 4 is 34.8 Å². The van der Waals surface area contributed by atoms with Gasteiger partial charge in [0.1, 0.15) is 12.6 Å². The van der Waals surface area contributed by atoms with Crippen LogP contribution in [0, 0.1) is 0 Å². The highest BCUT2D eigenvalue weighted by atomic mass is 16.5. The van der Waals surface area contributed by atoms with Crippen molar-refractivity contribution in [1.29, 1.82) is 0 Å². The highest BCUT2D eigenvalue weighted by Gasteiger charge is 2.22. The van der Waals surface area contributed by atoms with Gasteiger partial charge in [-0.25, -0.2) is 9.59 Å². The van der Waals surface area contributed by atoms with Gasteiger partial charge in [0.15, 0.2) is 5.96 Å². The predicted molar refractivity (Wildman–Crippen MR) is 136 cm³/mol. The maximum absolute atomic E-state index is 12.7. The Morgan fingerprint density at radius 2 is 2.00 bits per heavy atom. The zero-order chi connectivity index (χ0) is 26.0. The number of ether oxygens (including phenoxy) is 1. The number of aliphatic imine (C=N–C) groups is 1. The summed E-state index contributed by atoms with van der Waals surface area (Å²) in [5.74, 6) is -0.932. The molecule has 37 heavy (non-hydrogen) atoms. The summed E-state index contributed by atoms with van der Waals surface area (Å²) in [5, 5.41) is 25.9. The van der Waals surface area contributed by atoms with Gasteiger partial charge in [-0.1, -0.05) is 30.3 Å². The minimum absolute atomic E-state index is 0.00206. The van der Waals surface area contributed by atoms with Crippen molar-refractivity contribution in [3.05, 3.63) is 65.9 Å². The van der Waals surface area contributed by atoms with Crippen molar-refractivity contribution in [2.24, 2.45) is 4.99 Å². The molecule has 0 spiro atoms. The quantitative estimate of drug-likeness (QED) is 0.241. The van der Waals surface area contributed by atoms with Crippen LogP contribution in [-0.2, 0) is 22.7 Å². The van der Waals surface area contributed by atoms with Crippen LogP contribution in [0.2, 0.25) is 0 Å². The molecule has 5 N–H and O–H groups in total. The smallest absolute Gasteiger partial charge is 0.408 e. The first-order valence-electron chi connectivity index (χ1n) is 12.0. The summed E-state index contributed by atoms with van der Waals surface area (Å²) < 4.78 is 6.93. The van der Waals surface area contributed by atoms with Gasteiger partial charge in [-0.2, -0.15) is 5.10 Å². The monoisotopic (exact) mass is 507 g/mol. The standard InChI is InChI=1S/C25H29N7O5/c33-22(29-15-20(23(34)35)31-25(36)37-16-17-5-2-1-3-6-17)18-7-8-21-19(13-18)14-30-32(21)12-4-9-26-24-27-10-11-28-24/h1-3,5-8,13-14,20H,4,9-12,15-16H2,(H,29,33)(H,31,36)(H,34,35)(H2,26,27,28)/t20-/m0/s1. The number of aliphatic carboxylic acids is 1. The Hall–Kier alpha value is -4.61. The maximum atomic E-state index is 12.7. The largest absolute Gasteiger partial charge is 0.480 e. The molecule has 2 heterocycles. The van der Waals surface area contributed by atoms with Gasteiger partial charge < -0.3 is 31.1 Å². The first-order valence-corrected chi connectivity index (χ1v) is 12.0. The lowest BCUT2D eigenvalue weighted by Gasteiger charge is -2.15. The van der Waals surface area contributed by atoms with E-state index in [1.807, 2.05) is 10.7 Å². The molecule has 0 aliphatic carbocycles. The minimum atomic E-state index is -1.35. The number of aryl methyl sites for hydroxylation is 1. The SMILES string of the molecule is O=C(N[C@@H](CNC(=O)c1ccc2c(cnn2CCCNC2=NCCN2)c1)C(=O)O)OCc1ccccc1. The van der Waals surface area contributed by atoms with E-state index in [9.17, 15) is 19.5 Å². The first kappa shape index (κ1) is 25.5. The second-order valence-electron chi connectivity index (χ2n) is 8.39. The fourth-order valence-corrected chi connectivity index (χ4v) is 3.76. The van der Waals surface area contributed by atoms with Crippen LogP contribution >= 0.6 is 0 Å². The molecule has 4 rings (SSSR count). The number of nitrogens with zero attached hydrogens (tertiary/aromatic N) is 3. The van der Waals surface area contributed by atoms with Gasteiger partial charge >= 0.3 is 12.1 Å². The summed E-state index contributed by atoms with van der Waals surface area (Å²) in [7, 11) is 0. The molecular formula is C25H29N7O5. The van der Waals surface area contributed by atoms with Crippen molar-refractivity contribution in [2.75, 3.05) is 26.2 Å². The van der Waals surface area contributed by atoms with E-state index >= 15 is 0 Å². The number of hydrogen-bond acceptors (Lipinski definition) is 8. The molecule has 2 aromatic carbocycles. The summed E-state index contributed by atoms with van der Waals surface area (Å²) in [4.78, 5) is 40.5. The number of alkyl carbamates (subject to hydrolysis) is 1. The van der Waals surface area contributed by atoms with E-state index < -0.39 is 24.0 Å². The van der Waals surface area contributed by atoms with E-state index in [1.54, 1.807) is 48.7 Å². The molecule has 0 fully saturated rings. The van der Waals surface area contributed by atoms with Crippen LogP contribution in [0.4, 0.5) is 4.79 Å². The number of carbonyl (C=O) groups excluding carboxylic acids is 2. The van der Waals surface area contributed by atoms with Gasteiger partial charge in [0.05, 0.1) is 18.3 Å². The van der Waals surface area contributed by atoms with Gasteiger partial charge in [-0.15, -0.1) is 0 Å². The third-order valence-electron chi connectivity index (χ3n) is 5.69. The van der Waals surface area contributed by atoms with Crippen LogP contribution in [-0.4, -0.2) is 71.0 Å². The van der Waals surface area contributed by atoms with Crippen molar-refractivity contribution in [1.82, 2.24) is 31.0 Å². The number of carbonyl (C=O) groups is 3. The molecule has 1 aliphatic rings. The van der Waals surface area contributed by atoms with Crippen LogP contribution in [0.5, 0.6) is 0 Å². The number of nitrogens with one attached hydrogen (secondary N) is 4. The summed E-state index contributed by atoms with van der Waals surface area (Å²) in [6.45, 7) is 2.79. The number of carboxylic acid groups (broad SMARTS) is 1. The van der Waals surface area contributed by atoms with Crippen molar-refractivity contribution in [3.8, 4) is 0 Å². The van der Waals surface area contributed by atoms with E-state index in [4.69, 9.17) is 4.74 Å². The first-order chi connectivity index (χ1) is 18.0. The summed E-state index contributed by atoms with van der Waals surface area (Å²) in [5.41, 5.74) is 2.01. The van der Waals surface area contributed by atoms with Gasteiger partial charge in [-0.3, -0.25) is 14.5 Å². The number of hydrogen-bond donors (Lipinski definition) is 5. The van der Waals surface area contributed by atoms with Gasteiger partial charge in [-0.05, 0) is 30.2 Å². The van der Waals surface area contributed by atoms with Crippen LogP contribution < -0.4 is 21.3 Å². The van der Waals surface area contributed by atoms with Crippen molar-refractivity contribution < 1.29 is 24.2 Å². The van der Waals surface area contributed by atoms with Crippen LogP contribution in [0.3, 0.4) is 0 Å². The molecule has 12 nitrogen and oxygen atoms in total. The Labute approximate surface area is 213 Å². The molecule has 1 aliphatic heterocycles. The zero-order valence-corrected chi connectivity index (χ0v) is 20.1. The Morgan fingerprint density at radius 1 is 1.16 bits per heavy atom. The lowest BCUT2D eigenvalue weighted by molar-refractivity contribution is -0.139. The number of rotatable bonds is 11. The average Bonchev–Trinajstić information content (AvgIpc) is 3.57. The molecular weight excluding hydrogens is 478 g/mol. The zero-order valence-electron chi connectivity index (χ0n) is 20.1. The van der Waals surface area contributed by atoms with Crippen LogP contribution in [0.25, 0.3) is 10.9 Å². The van der Waals surface area contributed by atoms with Crippen molar-refractivity contribution in [3.63, 3.8) is 0 Å². The van der Waals surface area contributed by atoms with Crippen LogP contribution in [0.1, 0.15) is 22.3 Å². The van der Waals surface area contributed by atoms with Gasteiger partial charge in [0.2, 0.25) is 0 Å². The van der Waals surface area contributed by atoms with Gasteiger partial charge in [0, 0.05) is 37.1 Å². The molecule has 0 saturated heterocycles. The Bertz CT molecular complexity index is 1270. The lowest BCUT2D eigenvalue weighted by Crippen LogP contribution is -2.48. The fourth-order valence-electron chi connectivity index (χ4n) is 3.76. The molecule has 12 heteroatoms. The predicted octanol–water partition coefficient (Wildman–Crippen LogP) is 1.08. The highest BCUT2D eigenvalue weighted by Crippen LogP contribution is 2.16. The van der Waals surface area contributed by atoms with E-state index in [2.05, 4.69) is 31.4 Å². The van der Waals surface area contributed by atoms with Crippen LogP contribution in [0.15, 0.2) is 59.7 Å². The molecule has 2 amide bonds. The van der Waals surface area contributed by atoms with E-state index in [0.717, 1.165) is 48.5 Å².